The van der Waals surface area contributed by atoms with E-state index in [1.807, 2.05) is 18.2 Å². The first-order chi connectivity index (χ1) is 10.7. The highest BCUT2D eigenvalue weighted by Gasteiger charge is 2.15. The summed E-state index contributed by atoms with van der Waals surface area (Å²) in [6.07, 6.45) is 9.07. The molecular formula is C18H26N2OS. The third-order valence-corrected chi connectivity index (χ3v) is 4.55. The maximum atomic E-state index is 11.9. The molecule has 0 spiro atoms. The minimum atomic E-state index is 0.0442. The summed E-state index contributed by atoms with van der Waals surface area (Å²) in [5.41, 5.74) is 1.27. The summed E-state index contributed by atoms with van der Waals surface area (Å²) >= 11 is 5.17. The van der Waals surface area contributed by atoms with Crippen molar-refractivity contribution < 1.29 is 4.79 Å². The average Bonchev–Trinajstić information content (AvgIpc) is 2.55. The summed E-state index contributed by atoms with van der Waals surface area (Å²) in [5.74, 6) is 0.780. The largest absolute Gasteiger partial charge is 0.362 e. The Balaban J connectivity index is 1.56. The Labute approximate surface area is 138 Å². The number of thiocarbonyl (C=S) groups is 1. The molecule has 0 heterocycles. The van der Waals surface area contributed by atoms with Gasteiger partial charge in [0.1, 0.15) is 0 Å². The van der Waals surface area contributed by atoms with Crippen LogP contribution in [-0.2, 0) is 11.2 Å². The van der Waals surface area contributed by atoms with Crippen LogP contribution >= 0.6 is 12.2 Å². The third kappa shape index (κ3) is 6.56. The predicted octanol–water partition coefficient (Wildman–Crippen LogP) is 3.58. The Bertz CT molecular complexity index is 469. The van der Waals surface area contributed by atoms with Crippen molar-refractivity contribution in [3.05, 3.63) is 35.9 Å². The van der Waals surface area contributed by atoms with Crippen LogP contribution < -0.4 is 10.6 Å². The first-order valence-electron chi connectivity index (χ1n) is 8.35. The number of rotatable bonds is 6. The molecule has 1 aromatic carbocycles. The SMILES string of the molecule is O=C(CCC1CCCCC1)NC(=S)NCCc1ccccc1. The van der Waals surface area contributed by atoms with E-state index in [0.717, 1.165) is 25.3 Å². The van der Waals surface area contributed by atoms with E-state index in [9.17, 15) is 4.79 Å². The van der Waals surface area contributed by atoms with E-state index in [2.05, 4.69) is 22.8 Å². The van der Waals surface area contributed by atoms with Crippen LogP contribution in [0.3, 0.4) is 0 Å². The van der Waals surface area contributed by atoms with E-state index in [1.54, 1.807) is 0 Å². The van der Waals surface area contributed by atoms with Gasteiger partial charge in [-0.15, -0.1) is 0 Å². The minimum Gasteiger partial charge on any atom is -0.362 e. The number of carbonyl (C=O) groups excluding carboxylic acids is 1. The van der Waals surface area contributed by atoms with Crippen LogP contribution in [0.15, 0.2) is 30.3 Å². The zero-order chi connectivity index (χ0) is 15.6. The second-order valence-corrected chi connectivity index (χ2v) is 6.49. The van der Waals surface area contributed by atoms with E-state index in [-0.39, 0.29) is 5.91 Å². The van der Waals surface area contributed by atoms with Crippen LogP contribution in [0.4, 0.5) is 0 Å². The lowest BCUT2D eigenvalue weighted by Crippen LogP contribution is -2.40. The molecule has 4 heteroatoms. The zero-order valence-electron chi connectivity index (χ0n) is 13.1. The van der Waals surface area contributed by atoms with Gasteiger partial charge in [0.15, 0.2) is 5.11 Å². The molecule has 1 saturated carbocycles. The Morgan fingerprint density at radius 2 is 1.86 bits per heavy atom. The van der Waals surface area contributed by atoms with Crippen LogP contribution in [0.1, 0.15) is 50.5 Å². The van der Waals surface area contributed by atoms with Crippen molar-refractivity contribution in [2.24, 2.45) is 5.92 Å². The number of amides is 1. The van der Waals surface area contributed by atoms with E-state index in [0.29, 0.717) is 11.5 Å². The van der Waals surface area contributed by atoms with Gasteiger partial charge < -0.3 is 10.6 Å². The first kappa shape index (κ1) is 16.9. The lowest BCUT2D eigenvalue weighted by Gasteiger charge is -2.21. The van der Waals surface area contributed by atoms with Gasteiger partial charge in [-0.1, -0.05) is 62.4 Å². The molecule has 1 aliphatic rings. The lowest BCUT2D eigenvalue weighted by molar-refractivity contribution is -0.120. The Morgan fingerprint density at radius 1 is 1.14 bits per heavy atom. The fraction of sp³-hybridized carbons (Fsp3) is 0.556. The van der Waals surface area contributed by atoms with Crippen LogP contribution in [0.5, 0.6) is 0 Å². The predicted molar refractivity (Wildman–Crippen MR) is 94.7 cm³/mol. The molecule has 0 bridgehead atoms. The maximum absolute atomic E-state index is 11.9. The summed E-state index contributed by atoms with van der Waals surface area (Å²) in [5, 5.41) is 6.34. The van der Waals surface area contributed by atoms with Gasteiger partial charge in [-0.25, -0.2) is 0 Å². The van der Waals surface area contributed by atoms with E-state index < -0.39 is 0 Å². The number of hydrogen-bond acceptors (Lipinski definition) is 2. The van der Waals surface area contributed by atoms with Crippen LogP contribution in [0.2, 0.25) is 0 Å². The summed E-state index contributed by atoms with van der Waals surface area (Å²) in [4.78, 5) is 11.9. The van der Waals surface area contributed by atoms with Crippen molar-refractivity contribution in [2.45, 2.75) is 51.4 Å². The van der Waals surface area contributed by atoms with Crippen molar-refractivity contribution in [3.8, 4) is 0 Å². The lowest BCUT2D eigenvalue weighted by atomic mass is 9.86. The van der Waals surface area contributed by atoms with Gasteiger partial charge in [0.25, 0.3) is 0 Å². The fourth-order valence-electron chi connectivity index (χ4n) is 3.01. The average molecular weight is 318 g/mol. The molecule has 1 fully saturated rings. The fourth-order valence-corrected chi connectivity index (χ4v) is 3.23. The number of hydrogen-bond donors (Lipinski definition) is 2. The standard InChI is InChI=1S/C18H26N2OS/c21-17(12-11-15-7-3-1-4-8-15)20-18(22)19-14-13-16-9-5-2-6-10-16/h2,5-6,9-10,15H,1,3-4,7-8,11-14H2,(H2,19,20,21,22). The molecule has 3 nitrogen and oxygen atoms in total. The normalized spacial score (nSPS) is 15.3. The Morgan fingerprint density at radius 3 is 2.59 bits per heavy atom. The molecule has 2 N–H and O–H groups in total. The molecule has 0 atom stereocenters. The summed E-state index contributed by atoms with van der Waals surface area (Å²) in [6, 6.07) is 10.2. The minimum absolute atomic E-state index is 0.0442. The zero-order valence-corrected chi connectivity index (χ0v) is 14.0. The van der Waals surface area contributed by atoms with E-state index in [1.165, 1.54) is 37.7 Å². The third-order valence-electron chi connectivity index (χ3n) is 4.30. The number of nitrogens with one attached hydrogen (secondary N) is 2. The first-order valence-corrected chi connectivity index (χ1v) is 8.76. The quantitative estimate of drug-likeness (QED) is 0.788. The van der Waals surface area contributed by atoms with Gasteiger partial charge in [0, 0.05) is 13.0 Å². The monoisotopic (exact) mass is 318 g/mol. The summed E-state index contributed by atoms with van der Waals surface area (Å²) in [7, 11) is 0. The molecule has 1 aliphatic carbocycles. The molecule has 1 amide bonds. The summed E-state index contributed by atoms with van der Waals surface area (Å²) < 4.78 is 0. The van der Waals surface area contributed by atoms with Crippen molar-refractivity contribution >= 4 is 23.2 Å². The van der Waals surface area contributed by atoms with Gasteiger partial charge in [-0.05, 0) is 36.5 Å². The highest BCUT2D eigenvalue weighted by Crippen LogP contribution is 2.27. The van der Waals surface area contributed by atoms with Gasteiger partial charge in [0.2, 0.25) is 5.91 Å². The highest BCUT2D eigenvalue weighted by atomic mass is 32.1. The van der Waals surface area contributed by atoms with Crippen molar-refractivity contribution in [1.82, 2.24) is 10.6 Å². The van der Waals surface area contributed by atoms with Gasteiger partial charge in [0.05, 0.1) is 0 Å². The molecule has 120 valence electrons. The van der Waals surface area contributed by atoms with Crippen LogP contribution in [0, 0.1) is 5.92 Å². The Hall–Kier alpha value is -1.42. The molecule has 1 aromatic rings. The number of carbonyl (C=O) groups is 1. The maximum Gasteiger partial charge on any atom is 0.226 e. The molecule has 0 unspecified atom stereocenters. The van der Waals surface area contributed by atoms with Crippen molar-refractivity contribution in [1.29, 1.82) is 0 Å². The van der Waals surface area contributed by atoms with Crippen LogP contribution in [-0.4, -0.2) is 17.6 Å². The van der Waals surface area contributed by atoms with Gasteiger partial charge >= 0.3 is 0 Å². The molecule has 0 radical (unpaired) electrons. The molecule has 0 aliphatic heterocycles. The Kier molecular flexibility index (Phi) is 7.37. The molecular weight excluding hydrogens is 292 g/mol. The summed E-state index contributed by atoms with van der Waals surface area (Å²) in [6.45, 7) is 0.742. The second-order valence-electron chi connectivity index (χ2n) is 6.08. The highest BCUT2D eigenvalue weighted by molar-refractivity contribution is 7.80. The molecule has 22 heavy (non-hydrogen) atoms. The van der Waals surface area contributed by atoms with E-state index in [4.69, 9.17) is 12.2 Å². The van der Waals surface area contributed by atoms with Gasteiger partial charge in [-0.3, -0.25) is 4.79 Å². The molecule has 0 saturated heterocycles. The second kappa shape index (κ2) is 9.57. The van der Waals surface area contributed by atoms with Gasteiger partial charge in [-0.2, -0.15) is 0 Å². The van der Waals surface area contributed by atoms with Crippen molar-refractivity contribution in [3.63, 3.8) is 0 Å². The molecule has 0 aromatic heterocycles. The topological polar surface area (TPSA) is 41.1 Å². The van der Waals surface area contributed by atoms with Crippen LogP contribution in [0.25, 0.3) is 0 Å². The van der Waals surface area contributed by atoms with Crippen molar-refractivity contribution in [2.75, 3.05) is 6.54 Å². The smallest absolute Gasteiger partial charge is 0.226 e. The number of benzene rings is 1. The van der Waals surface area contributed by atoms with E-state index >= 15 is 0 Å². The molecule has 2 rings (SSSR count).